The summed E-state index contributed by atoms with van der Waals surface area (Å²) in [5.74, 6) is 9.95. The molecule has 2 aromatic rings. The number of Topliss-reactive ketones (excluding diaryl/α,β-unsaturated/α-hetero) is 1. The molecule has 0 aromatic heterocycles. The van der Waals surface area contributed by atoms with E-state index >= 15 is 4.79 Å². The molecule has 1 aliphatic carbocycles. The van der Waals surface area contributed by atoms with Crippen molar-refractivity contribution in [2.45, 2.75) is 405 Å². The summed E-state index contributed by atoms with van der Waals surface area (Å²) >= 11 is 0. The molecule has 6 nitrogen and oxygen atoms in total. The van der Waals surface area contributed by atoms with Crippen molar-refractivity contribution < 1.29 is 28.5 Å². The summed E-state index contributed by atoms with van der Waals surface area (Å²) in [6, 6.07) is 0. The molecule has 12 atom stereocenters. The molecule has 1 spiro atoms. The van der Waals surface area contributed by atoms with Gasteiger partial charge in [-0.15, -0.1) is 0 Å². The second-order valence-corrected chi connectivity index (χ2v) is 35.9. The summed E-state index contributed by atoms with van der Waals surface area (Å²) in [7, 11) is 0. The number of carbonyl (C=O) groups is 1. The van der Waals surface area contributed by atoms with Crippen molar-refractivity contribution in [1.82, 2.24) is 0 Å². The molecule has 93 heavy (non-hydrogen) atoms. The van der Waals surface area contributed by atoms with Crippen molar-refractivity contribution in [3.8, 4) is 23.0 Å². The van der Waals surface area contributed by atoms with E-state index in [2.05, 4.69) is 145 Å². The van der Waals surface area contributed by atoms with Crippen LogP contribution in [0.25, 0.3) is 0 Å². The molecule has 528 valence electrons. The highest BCUT2D eigenvalue weighted by Crippen LogP contribution is 2.69. The lowest BCUT2D eigenvalue weighted by Gasteiger charge is -2.67. The van der Waals surface area contributed by atoms with E-state index in [9.17, 15) is 0 Å². The van der Waals surface area contributed by atoms with E-state index in [4.69, 9.17) is 23.7 Å². The molecule has 0 radical (unpaired) electrons. The maximum Gasteiger partial charge on any atom is 0.244 e. The minimum Gasteiger partial charge on any atom is -0.487 e. The van der Waals surface area contributed by atoms with E-state index in [1.54, 1.807) is 0 Å². The van der Waals surface area contributed by atoms with E-state index in [0.29, 0.717) is 18.8 Å². The molecule has 6 aliphatic rings. The first-order chi connectivity index (χ1) is 43.9. The van der Waals surface area contributed by atoms with Crippen LogP contribution in [0, 0.1) is 86.4 Å². The van der Waals surface area contributed by atoms with Gasteiger partial charge in [0.1, 0.15) is 34.2 Å². The summed E-state index contributed by atoms with van der Waals surface area (Å²) < 4.78 is 39.0. The van der Waals surface area contributed by atoms with Gasteiger partial charge in [0.05, 0.1) is 11.0 Å². The third-order valence-electron chi connectivity index (χ3n) is 26.0. The van der Waals surface area contributed by atoms with Crippen molar-refractivity contribution >= 4 is 5.78 Å². The van der Waals surface area contributed by atoms with E-state index in [-0.39, 0.29) is 17.0 Å². The van der Waals surface area contributed by atoms with Gasteiger partial charge >= 0.3 is 0 Å². The molecule has 1 fully saturated rings. The van der Waals surface area contributed by atoms with Crippen molar-refractivity contribution in [1.29, 1.82) is 0 Å². The van der Waals surface area contributed by atoms with Crippen molar-refractivity contribution in [3.63, 3.8) is 0 Å². The summed E-state index contributed by atoms with van der Waals surface area (Å²) in [6.45, 7) is 49.4. The van der Waals surface area contributed by atoms with Gasteiger partial charge in [-0.2, -0.15) is 0 Å². The molecule has 5 heterocycles. The summed E-state index contributed by atoms with van der Waals surface area (Å²) in [4.78, 5) is 16.3. The average molecular weight is 1290 g/mol. The fourth-order valence-corrected chi connectivity index (χ4v) is 19.0. The number of carbonyl (C=O) groups excluding carboxylic acids is 1. The molecule has 2 aromatic carbocycles. The Hall–Kier alpha value is -2.99. The van der Waals surface area contributed by atoms with Crippen molar-refractivity contribution in [3.05, 3.63) is 55.7 Å². The van der Waals surface area contributed by atoms with Gasteiger partial charge in [0, 0.05) is 33.4 Å². The number of rotatable bonds is 36. The molecule has 0 amide bonds. The second kappa shape index (κ2) is 32.3. The van der Waals surface area contributed by atoms with Crippen LogP contribution in [-0.4, -0.2) is 34.0 Å². The second-order valence-electron chi connectivity index (χ2n) is 35.9. The smallest absolute Gasteiger partial charge is 0.244 e. The van der Waals surface area contributed by atoms with Gasteiger partial charge in [-0.1, -0.05) is 224 Å². The molecule has 5 aliphatic heterocycles. The maximum absolute atomic E-state index is 16.3. The lowest BCUT2D eigenvalue weighted by atomic mass is 9.48. The largest absolute Gasteiger partial charge is 0.487 e. The molecule has 1 saturated heterocycles. The van der Waals surface area contributed by atoms with Crippen LogP contribution in [0.1, 0.15) is 368 Å². The molecule has 7 unspecified atom stereocenters. The van der Waals surface area contributed by atoms with Gasteiger partial charge < -0.3 is 23.7 Å². The lowest BCUT2D eigenvalue weighted by Crippen LogP contribution is -2.79. The Morgan fingerprint density at radius 1 is 0.344 bits per heavy atom. The Morgan fingerprint density at radius 3 is 1.03 bits per heavy atom. The van der Waals surface area contributed by atoms with E-state index < -0.39 is 22.4 Å². The van der Waals surface area contributed by atoms with Gasteiger partial charge in [0.2, 0.25) is 11.6 Å². The topological polar surface area (TPSA) is 63.2 Å². The number of benzene rings is 2. The van der Waals surface area contributed by atoms with E-state index in [1.807, 2.05) is 0 Å². The molecular weight excluding hydrogens is 1140 g/mol. The standard InChI is InChI=1S/C87H144O6/c1-58(2)31-22-34-61(7)37-25-40-64(10)43-28-49-82(19)52-46-73-74-48-54-86(91-79(74)69(15)67(13)77(73)89-82)81(88)71(17)72(18)87-85(86,56-55-84(21,93-87)51-30-45-66(12)42-27-39-63(9)36-24-33-60(5)6)57-76-75-47-53-83(20,90-78(75)68(14)70(16)80(76)92-87)50-29-44-65(11)41-26-38-62(8)35-23-32-59(3)4/h58-66H,22-57H2,1-21H3/t61?,62?,63?,64?,65?,66?,82-,83+,84-,85-,86?,87-/m1/s1. The third kappa shape index (κ3) is 17.5. The molecule has 0 saturated carbocycles. The quantitative estimate of drug-likeness (QED) is 0.0677. The van der Waals surface area contributed by atoms with Crippen LogP contribution in [0.4, 0.5) is 0 Å². The van der Waals surface area contributed by atoms with Crippen LogP contribution in [0.2, 0.25) is 0 Å². The van der Waals surface area contributed by atoms with Crippen LogP contribution < -0.4 is 18.9 Å². The molecular formula is C87H144O6. The van der Waals surface area contributed by atoms with E-state index in [0.717, 1.165) is 169 Å². The average Bonchev–Trinajstić information content (AvgIpc) is 0.656. The number of hydrogen-bond donors (Lipinski definition) is 0. The molecule has 8 rings (SSSR count). The maximum atomic E-state index is 16.3. The van der Waals surface area contributed by atoms with Crippen molar-refractivity contribution in [2.75, 3.05) is 0 Å². The Kier molecular flexibility index (Phi) is 26.4. The fourth-order valence-electron chi connectivity index (χ4n) is 19.0. The first-order valence-electron chi connectivity index (χ1n) is 39.9. The minimum absolute atomic E-state index is 0.125. The summed E-state index contributed by atoms with van der Waals surface area (Å²) in [5, 5.41) is 0. The van der Waals surface area contributed by atoms with Gasteiger partial charge in [-0.05, 0) is 228 Å². The van der Waals surface area contributed by atoms with Gasteiger partial charge in [0.15, 0.2) is 5.60 Å². The van der Waals surface area contributed by atoms with E-state index in [1.165, 1.54) is 175 Å². The first-order valence-corrected chi connectivity index (χ1v) is 39.9. The highest BCUT2D eigenvalue weighted by atomic mass is 16.7. The molecule has 0 N–H and O–H groups in total. The third-order valence-corrected chi connectivity index (χ3v) is 26.0. The SMILES string of the molecule is CC1=C(C)[C@]23Oc4c(C)c(C)c5c(c4C[C@]2(CC[C@@](C)(CCCC(C)CCCC(C)CCCC(C)C)O3)C2(CCc3c4c(c(C)c(C)c3O2)O[C@](C)(CCCC(C)CCCC(C)CCCC(C)C)CC4)C1=O)CC[C@](C)(CCCC(C)CCCC(C)CCCC(C)C)O5. The zero-order chi connectivity index (χ0) is 67.8. The highest BCUT2D eigenvalue weighted by molar-refractivity contribution is 6.05. The van der Waals surface area contributed by atoms with Crippen LogP contribution in [0.15, 0.2) is 11.1 Å². The Morgan fingerprint density at radius 2 is 0.656 bits per heavy atom. The van der Waals surface area contributed by atoms with Crippen LogP contribution >= 0.6 is 0 Å². The number of fused-ring (bicyclic) bond motifs is 6. The Bertz CT molecular complexity index is 2820. The Labute approximate surface area is 573 Å². The summed E-state index contributed by atoms with van der Waals surface area (Å²) in [6.07, 6.45) is 42.0. The van der Waals surface area contributed by atoms with Crippen molar-refractivity contribution in [2.24, 2.45) is 58.7 Å². The number of ketones is 1. The van der Waals surface area contributed by atoms with Gasteiger partial charge in [0.25, 0.3) is 0 Å². The Balaban J connectivity index is 1.04. The molecule has 0 bridgehead atoms. The number of hydrogen-bond acceptors (Lipinski definition) is 6. The van der Waals surface area contributed by atoms with Gasteiger partial charge in [-0.3, -0.25) is 4.79 Å². The molecule has 6 heteroatoms. The zero-order valence-corrected chi connectivity index (χ0v) is 64.6. The lowest BCUT2D eigenvalue weighted by molar-refractivity contribution is -0.350. The van der Waals surface area contributed by atoms with Gasteiger partial charge in [-0.25, -0.2) is 0 Å². The summed E-state index contributed by atoms with van der Waals surface area (Å²) in [5.41, 5.74) is 8.40. The fraction of sp³-hybridized carbons (Fsp3) is 0.828. The predicted molar refractivity (Wildman–Crippen MR) is 394 cm³/mol. The number of ether oxygens (including phenoxy) is 5. The van der Waals surface area contributed by atoms with Crippen LogP contribution in [0.5, 0.6) is 23.0 Å². The normalized spacial score (nSPS) is 27.7. The zero-order valence-electron chi connectivity index (χ0n) is 64.6. The minimum atomic E-state index is -1.21. The van der Waals surface area contributed by atoms with Crippen LogP contribution in [0.3, 0.4) is 0 Å². The first kappa shape index (κ1) is 75.8. The highest BCUT2D eigenvalue weighted by Gasteiger charge is 2.78. The monoisotopic (exact) mass is 1290 g/mol. The predicted octanol–water partition coefficient (Wildman–Crippen LogP) is 25.3. The van der Waals surface area contributed by atoms with Crippen LogP contribution in [-0.2, 0) is 35.2 Å².